The summed E-state index contributed by atoms with van der Waals surface area (Å²) >= 11 is 7.40. The number of benzene rings is 2. The van der Waals surface area contributed by atoms with Crippen LogP contribution >= 0.6 is 22.9 Å². The average molecular weight is 359 g/mol. The Kier molecular flexibility index (Phi) is 5.13. The minimum absolute atomic E-state index is 0.104. The van der Waals surface area contributed by atoms with E-state index in [1.54, 1.807) is 31.4 Å². The molecule has 1 N–H and O–H groups in total. The average Bonchev–Trinajstić information content (AvgIpc) is 3.04. The topological polar surface area (TPSA) is 51.2 Å². The number of thiazole rings is 1. The molecule has 0 unspecified atom stereocenters. The van der Waals surface area contributed by atoms with Gasteiger partial charge in [0.2, 0.25) is 5.91 Å². The van der Waals surface area contributed by atoms with Crippen LogP contribution in [0.1, 0.15) is 5.69 Å². The van der Waals surface area contributed by atoms with E-state index < -0.39 is 0 Å². The van der Waals surface area contributed by atoms with E-state index in [4.69, 9.17) is 16.3 Å². The first-order chi connectivity index (χ1) is 11.6. The largest absolute Gasteiger partial charge is 0.497 e. The standard InChI is InChI=1S/C18H15ClN2O2S/c1-23-16-8-6-14(7-9-16)20-17(22)10-15-11-24-18(21-15)12-2-4-13(19)5-3-12/h2-9,11H,10H2,1H3,(H,20,22). The highest BCUT2D eigenvalue weighted by molar-refractivity contribution is 7.13. The van der Waals surface area contributed by atoms with Crippen molar-refractivity contribution in [2.75, 3.05) is 12.4 Å². The molecule has 0 aliphatic heterocycles. The number of carbonyl (C=O) groups is 1. The van der Waals surface area contributed by atoms with Gasteiger partial charge in [0.15, 0.2) is 0 Å². The first-order valence-electron chi connectivity index (χ1n) is 7.28. The molecule has 3 rings (SSSR count). The van der Waals surface area contributed by atoms with E-state index in [-0.39, 0.29) is 12.3 Å². The van der Waals surface area contributed by atoms with Gasteiger partial charge in [0.25, 0.3) is 0 Å². The number of amides is 1. The Morgan fingerprint density at radius 2 is 1.88 bits per heavy atom. The van der Waals surface area contributed by atoms with Gasteiger partial charge in [-0.05, 0) is 36.4 Å². The fourth-order valence-electron chi connectivity index (χ4n) is 2.16. The lowest BCUT2D eigenvalue weighted by atomic mass is 10.2. The van der Waals surface area contributed by atoms with Crippen LogP contribution in [0.2, 0.25) is 5.02 Å². The van der Waals surface area contributed by atoms with Crippen LogP contribution in [0.25, 0.3) is 10.6 Å². The quantitative estimate of drug-likeness (QED) is 0.722. The summed E-state index contributed by atoms with van der Waals surface area (Å²) in [5, 5.41) is 6.31. The Labute approximate surface area is 149 Å². The van der Waals surface area contributed by atoms with E-state index in [9.17, 15) is 4.79 Å². The SMILES string of the molecule is COc1ccc(NC(=O)Cc2csc(-c3ccc(Cl)cc3)n2)cc1. The number of nitrogens with one attached hydrogen (secondary N) is 1. The van der Waals surface area contributed by atoms with Crippen LogP contribution in [-0.2, 0) is 11.2 Å². The van der Waals surface area contributed by atoms with Gasteiger partial charge in [0, 0.05) is 21.7 Å². The van der Waals surface area contributed by atoms with E-state index >= 15 is 0 Å². The highest BCUT2D eigenvalue weighted by Gasteiger charge is 2.09. The number of anilines is 1. The van der Waals surface area contributed by atoms with Crippen molar-refractivity contribution < 1.29 is 9.53 Å². The van der Waals surface area contributed by atoms with Crippen LogP contribution in [0, 0.1) is 0 Å². The maximum atomic E-state index is 12.1. The van der Waals surface area contributed by atoms with Crippen molar-refractivity contribution in [3.8, 4) is 16.3 Å². The molecule has 0 aliphatic rings. The van der Waals surface area contributed by atoms with Crippen LogP contribution in [0.4, 0.5) is 5.69 Å². The van der Waals surface area contributed by atoms with Gasteiger partial charge >= 0.3 is 0 Å². The van der Waals surface area contributed by atoms with Gasteiger partial charge in [0.05, 0.1) is 19.2 Å². The van der Waals surface area contributed by atoms with Gasteiger partial charge in [-0.1, -0.05) is 23.7 Å². The maximum absolute atomic E-state index is 12.1. The Morgan fingerprint density at radius 1 is 1.17 bits per heavy atom. The third-order valence-electron chi connectivity index (χ3n) is 3.36. The van der Waals surface area contributed by atoms with E-state index in [0.717, 1.165) is 27.7 Å². The van der Waals surface area contributed by atoms with Crippen molar-refractivity contribution in [1.82, 2.24) is 4.98 Å². The van der Waals surface area contributed by atoms with Crippen molar-refractivity contribution >= 4 is 34.5 Å². The fourth-order valence-corrected chi connectivity index (χ4v) is 3.11. The fraction of sp³-hybridized carbons (Fsp3) is 0.111. The second-order valence-electron chi connectivity index (χ2n) is 5.10. The van der Waals surface area contributed by atoms with Crippen molar-refractivity contribution in [3.05, 3.63) is 64.6 Å². The molecular weight excluding hydrogens is 344 g/mol. The highest BCUT2D eigenvalue weighted by atomic mass is 35.5. The number of hydrogen-bond acceptors (Lipinski definition) is 4. The van der Waals surface area contributed by atoms with Crippen LogP contribution in [0.5, 0.6) is 5.75 Å². The molecule has 0 atom stereocenters. The van der Waals surface area contributed by atoms with Crippen molar-refractivity contribution in [1.29, 1.82) is 0 Å². The number of aromatic nitrogens is 1. The number of halogens is 1. The Hall–Kier alpha value is -2.37. The summed E-state index contributed by atoms with van der Waals surface area (Å²) in [6.45, 7) is 0. The summed E-state index contributed by atoms with van der Waals surface area (Å²) in [7, 11) is 1.61. The third-order valence-corrected chi connectivity index (χ3v) is 4.55. The zero-order chi connectivity index (χ0) is 16.9. The smallest absolute Gasteiger partial charge is 0.230 e. The van der Waals surface area contributed by atoms with E-state index in [1.807, 2.05) is 29.6 Å². The molecule has 1 heterocycles. The number of ether oxygens (including phenoxy) is 1. The van der Waals surface area contributed by atoms with Gasteiger partial charge < -0.3 is 10.1 Å². The molecule has 24 heavy (non-hydrogen) atoms. The summed E-state index contributed by atoms with van der Waals surface area (Å²) in [6.07, 6.45) is 0.232. The summed E-state index contributed by atoms with van der Waals surface area (Å²) in [5.41, 5.74) is 2.47. The van der Waals surface area contributed by atoms with Crippen LogP contribution in [0.3, 0.4) is 0 Å². The zero-order valence-corrected chi connectivity index (χ0v) is 14.5. The Bertz CT molecular complexity index is 829. The summed E-state index contributed by atoms with van der Waals surface area (Å²) in [4.78, 5) is 16.6. The molecule has 1 aromatic heterocycles. The van der Waals surface area contributed by atoms with E-state index in [2.05, 4.69) is 10.3 Å². The lowest BCUT2D eigenvalue weighted by Gasteiger charge is -2.05. The molecule has 0 spiro atoms. The highest BCUT2D eigenvalue weighted by Crippen LogP contribution is 2.25. The van der Waals surface area contributed by atoms with Crippen LogP contribution in [0.15, 0.2) is 53.9 Å². The Balaban J connectivity index is 1.63. The van der Waals surface area contributed by atoms with Crippen LogP contribution < -0.4 is 10.1 Å². The second kappa shape index (κ2) is 7.47. The molecule has 4 nitrogen and oxygen atoms in total. The molecular formula is C18H15ClN2O2S. The van der Waals surface area contributed by atoms with Crippen molar-refractivity contribution in [2.24, 2.45) is 0 Å². The monoisotopic (exact) mass is 358 g/mol. The summed E-state index contributed by atoms with van der Waals surface area (Å²) in [5.74, 6) is 0.647. The molecule has 0 saturated heterocycles. The van der Waals surface area contributed by atoms with Crippen LogP contribution in [-0.4, -0.2) is 18.0 Å². The van der Waals surface area contributed by atoms with Gasteiger partial charge in [-0.25, -0.2) is 4.98 Å². The maximum Gasteiger partial charge on any atom is 0.230 e. The molecule has 122 valence electrons. The molecule has 2 aromatic carbocycles. The molecule has 1 amide bonds. The predicted octanol–water partition coefficient (Wildman–Crippen LogP) is 4.65. The molecule has 0 radical (unpaired) electrons. The predicted molar refractivity (Wildman–Crippen MR) is 97.9 cm³/mol. The third kappa shape index (κ3) is 4.13. The lowest BCUT2D eigenvalue weighted by Crippen LogP contribution is -2.14. The minimum Gasteiger partial charge on any atom is -0.497 e. The van der Waals surface area contributed by atoms with E-state index in [0.29, 0.717) is 5.02 Å². The molecule has 0 fully saturated rings. The lowest BCUT2D eigenvalue weighted by molar-refractivity contribution is -0.115. The molecule has 0 saturated carbocycles. The minimum atomic E-state index is -0.104. The number of hydrogen-bond donors (Lipinski definition) is 1. The van der Waals surface area contributed by atoms with Crippen molar-refractivity contribution in [3.63, 3.8) is 0 Å². The number of rotatable bonds is 5. The first-order valence-corrected chi connectivity index (χ1v) is 8.54. The number of carbonyl (C=O) groups excluding carboxylic acids is 1. The second-order valence-corrected chi connectivity index (χ2v) is 6.40. The molecule has 3 aromatic rings. The zero-order valence-electron chi connectivity index (χ0n) is 13.0. The van der Waals surface area contributed by atoms with E-state index in [1.165, 1.54) is 11.3 Å². The van der Waals surface area contributed by atoms with Gasteiger partial charge in [-0.2, -0.15) is 0 Å². The van der Waals surface area contributed by atoms with Gasteiger partial charge in [-0.15, -0.1) is 11.3 Å². The summed E-state index contributed by atoms with van der Waals surface area (Å²) in [6, 6.07) is 14.7. The summed E-state index contributed by atoms with van der Waals surface area (Å²) < 4.78 is 5.09. The van der Waals surface area contributed by atoms with Gasteiger partial charge in [-0.3, -0.25) is 4.79 Å². The molecule has 0 bridgehead atoms. The van der Waals surface area contributed by atoms with Crippen molar-refractivity contribution in [2.45, 2.75) is 6.42 Å². The number of methoxy groups -OCH3 is 1. The Morgan fingerprint density at radius 3 is 2.54 bits per heavy atom. The first kappa shape index (κ1) is 16.5. The molecule has 6 heteroatoms. The number of nitrogens with zero attached hydrogens (tertiary/aromatic N) is 1. The van der Waals surface area contributed by atoms with Gasteiger partial charge in [0.1, 0.15) is 10.8 Å². The molecule has 0 aliphatic carbocycles. The normalized spacial score (nSPS) is 10.4.